The van der Waals surface area contributed by atoms with Crippen molar-refractivity contribution in [1.82, 2.24) is 16.0 Å². The van der Waals surface area contributed by atoms with Crippen LogP contribution in [0.4, 0.5) is 4.79 Å². The maximum Gasteiger partial charge on any atom is 0.405 e. The van der Waals surface area contributed by atoms with Gasteiger partial charge in [-0.3, -0.25) is 9.59 Å². The van der Waals surface area contributed by atoms with Gasteiger partial charge in [-0.25, -0.2) is 9.59 Å². The smallest absolute Gasteiger partial charge is 0.405 e. The van der Waals surface area contributed by atoms with Crippen LogP contribution in [0, 0.1) is 5.92 Å². The van der Waals surface area contributed by atoms with Crippen LogP contribution in [0.15, 0.2) is 12.2 Å². The molecule has 0 aliphatic carbocycles. The summed E-state index contributed by atoms with van der Waals surface area (Å²) in [6.45, 7) is 4.65. The van der Waals surface area contributed by atoms with Gasteiger partial charge in [0, 0.05) is 6.08 Å². The lowest BCUT2D eigenvalue weighted by Gasteiger charge is -2.24. The van der Waals surface area contributed by atoms with Crippen molar-refractivity contribution in [2.45, 2.75) is 38.9 Å². The highest BCUT2D eigenvalue weighted by Gasteiger charge is 2.28. The van der Waals surface area contributed by atoms with Crippen molar-refractivity contribution >= 4 is 23.9 Å². The van der Waals surface area contributed by atoms with Crippen LogP contribution in [-0.2, 0) is 19.1 Å². The number of nitrogens with one attached hydrogen (secondary N) is 3. The van der Waals surface area contributed by atoms with Crippen LogP contribution in [0.1, 0.15) is 20.8 Å². The lowest BCUT2D eigenvalue weighted by Crippen LogP contribution is -2.53. The predicted octanol–water partition coefficient (Wildman–Crippen LogP) is -0.619. The molecule has 0 bridgehead atoms. The van der Waals surface area contributed by atoms with Crippen molar-refractivity contribution in [1.29, 1.82) is 0 Å². The van der Waals surface area contributed by atoms with E-state index in [1.807, 2.05) is 0 Å². The fraction of sp³-hybridized carbons (Fsp3) is 0.571. The summed E-state index contributed by atoms with van der Waals surface area (Å²) in [5.74, 6) is -1.94. The zero-order valence-corrected chi connectivity index (χ0v) is 13.2. The molecule has 9 heteroatoms. The SMILES string of the molecule is CC(C)[C@@H]1NC(=O)/C=C/[C@@H](NC(=O)O)COC(=O)[C@H](C)NC1=O. The number of carbonyl (C=O) groups excluding carboxylic acids is 3. The average molecular weight is 327 g/mol. The summed E-state index contributed by atoms with van der Waals surface area (Å²) in [6, 6.07) is -2.62. The minimum absolute atomic E-state index is 0.202. The van der Waals surface area contributed by atoms with Crippen molar-refractivity contribution in [2.24, 2.45) is 5.92 Å². The van der Waals surface area contributed by atoms with E-state index >= 15 is 0 Å². The zero-order chi connectivity index (χ0) is 17.6. The maximum absolute atomic E-state index is 12.1. The summed E-state index contributed by atoms with van der Waals surface area (Å²) in [7, 11) is 0. The Morgan fingerprint density at radius 1 is 1.35 bits per heavy atom. The third-order valence-electron chi connectivity index (χ3n) is 3.15. The highest BCUT2D eigenvalue weighted by atomic mass is 16.5. The summed E-state index contributed by atoms with van der Waals surface area (Å²) < 4.78 is 4.96. The Balaban J connectivity index is 3.00. The highest BCUT2D eigenvalue weighted by Crippen LogP contribution is 2.04. The second-order valence-corrected chi connectivity index (χ2v) is 5.51. The van der Waals surface area contributed by atoms with E-state index in [1.54, 1.807) is 13.8 Å². The molecule has 0 unspecified atom stereocenters. The average Bonchev–Trinajstić information content (AvgIpc) is 2.45. The number of rotatable bonds is 2. The molecule has 1 heterocycles. The van der Waals surface area contributed by atoms with Crippen molar-refractivity contribution < 1.29 is 29.0 Å². The molecule has 23 heavy (non-hydrogen) atoms. The Labute approximate surface area is 133 Å². The van der Waals surface area contributed by atoms with Crippen LogP contribution in [0.5, 0.6) is 0 Å². The molecule has 0 aromatic carbocycles. The van der Waals surface area contributed by atoms with Gasteiger partial charge in [-0.05, 0) is 12.8 Å². The Morgan fingerprint density at radius 2 is 2.00 bits per heavy atom. The molecule has 0 saturated carbocycles. The summed E-state index contributed by atoms with van der Waals surface area (Å²) in [5.41, 5.74) is 0. The van der Waals surface area contributed by atoms with E-state index in [9.17, 15) is 19.2 Å². The molecule has 0 aromatic rings. The van der Waals surface area contributed by atoms with Crippen molar-refractivity contribution in [3.05, 3.63) is 12.2 Å². The largest absolute Gasteiger partial charge is 0.465 e. The quantitative estimate of drug-likeness (QED) is 0.500. The molecule has 1 aliphatic rings. The van der Waals surface area contributed by atoms with Crippen LogP contribution in [-0.4, -0.2) is 53.7 Å². The molecule has 1 rings (SSSR count). The summed E-state index contributed by atoms with van der Waals surface area (Å²) in [6.07, 6.45) is 1.05. The first-order valence-electron chi connectivity index (χ1n) is 7.16. The number of carbonyl (C=O) groups is 4. The Kier molecular flexibility index (Phi) is 6.55. The van der Waals surface area contributed by atoms with Crippen LogP contribution >= 0.6 is 0 Å². The molecule has 1 aliphatic heterocycles. The zero-order valence-electron chi connectivity index (χ0n) is 13.2. The molecule has 0 fully saturated rings. The monoisotopic (exact) mass is 327 g/mol. The minimum atomic E-state index is -1.32. The number of hydrogen-bond acceptors (Lipinski definition) is 5. The van der Waals surface area contributed by atoms with Gasteiger partial charge in [0.05, 0.1) is 6.04 Å². The van der Waals surface area contributed by atoms with Crippen LogP contribution in [0.3, 0.4) is 0 Å². The van der Waals surface area contributed by atoms with Gasteiger partial charge >= 0.3 is 12.1 Å². The van der Waals surface area contributed by atoms with Crippen molar-refractivity contribution in [2.75, 3.05) is 6.61 Å². The lowest BCUT2D eigenvalue weighted by molar-refractivity contribution is -0.148. The third kappa shape index (κ3) is 5.97. The van der Waals surface area contributed by atoms with Gasteiger partial charge in [-0.15, -0.1) is 0 Å². The predicted molar refractivity (Wildman–Crippen MR) is 79.4 cm³/mol. The molecule has 3 atom stereocenters. The fourth-order valence-electron chi connectivity index (χ4n) is 1.90. The number of ether oxygens (including phenoxy) is 1. The van der Waals surface area contributed by atoms with Crippen LogP contribution in [0.25, 0.3) is 0 Å². The Hall–Kier alpha value is -2.58. The lowest BCUT2D eigenvalue weighted by atomic mass is 10.0. The van der Waals surface area contributed by atoms with E-state index in [0.29, 0.717) is 0 Å². The molecule has 0 spiro atoms. The topological polar surface area (TPSA) is 134 Å². The molecule has 0 radical (unpaired) electrons. The maximum atomic E-state index is 12.1. The van der Waals surface area contributed by atoms with Gasteiger partial charge in [0.1, 0.15) is 18.7 Å². The van der Waals surface area contributed by atoms with Gasteiger partial charge in [0.2, 0.25) is 11.8 Å². The number of esters is 1. The summed E-state index contributed by atoms with van der Waals surface area (Å²) in [5, 5.41) is 15.9. The molecule has 128 valence electrons. The molecule has 0 saturated heterocycles. The highest BCUT2D eigenvalue weighted by molar-refractivity contribution is 5.94. The molecule has 0 aromatic heterocycles. The normalized spacial score (nSPS) is 27.8. The summed E-state index contributed by atoms with van der Waals surface area (Å²) in [4.78, 5) is 46.5. The van der Waals surface area contributed by atoms with E-state index in [2.05, 4.69) is 16.0 Å². The molecular formula is C14H21N3O6. The van der Waals surface area contributed by atoms with E-state index in [1.165, 1.54) is 13.0 Å². The number of hydrogen-bond donors (Lipinski definition) is 4. The number of amides is 3. The van der Waals surface area contributed by atoms with Gasteiger partial charge < -0.3 is 25.8 Å². The van der Waals surface area contributed by atoms with Crippen LogP contribution in [0.2, 0.25) is 0 Å². The molecule has 9 nitrogen and oxygen atoms in total. The molecule has 4 N–H and O–H groups in total. The van der Waals surface area contributed by atoms with E-state index in [4.69, 9.17) is 9.84 Å². The first kappa shape index (κ1) is 18.5. The first-order chi connectivity index (χ1) is 10.7. The van der Waals surface area contributed by atoms with E-state index < -0.39 is 42.0 Å². The van der Waals surface area contributed by atoms with E-state index in [0.717, 1.165) is 6.08 Å². The van der Waals surface area contributed by atoms with Gasteiger partial charge in [-0.2, -0.15) is 0 Å². The van der Waals surface area contributed by atoms with Crippen LogP contribution < -0.4 is 16.0 Å². The standard InChI is InChI=1S/C14H21N3O6/c1-7(2)11-12(19)15-8(3)13(20)23-6-9(16-14(21)22)4-5-10(18)17-11/h4-5,7-9,11,16H,6H2,1-3H3,(H,15,19)(H,17,18)(H,21,22)/b5-4+/t8-,9+,11-/m0/s1. The molecular weight excluding hydrogens is 306 g/mol. The van der Waals surface area contributed by atoms with Crippen molar-refractivity contribution in [3.8, 4) is 0 Å². The van der Waals surface area contributed by atoms with E-state index in [-0.39, 0.29) is 12.5 Å². The van der Waals surface area contributed by atoms with Gasteiger partial charge in [0.25, 0.3) is 0 Å². The second kappa shape index (κ2) is 8.16. The third-order valence-corrected chi connectivity index (χ3v) is 3.15. The Morgan fingerprint density at radius 3 is 2.57 bits per heavy atom. The number of carboxylic acid groups (broad SMARTS) is 1. The first-order valence-corrected chi connectivity index (χ1v) is 7.16. The summed E-state index contributed by atoms with van der Waals surface area (Å²) >= 11 is 0. The molecule has 3 amide bonds. The van der Waals surface area contributed by atoms with Gasteiger partial charge in [0.15, 0.2) is 0 Å². The van der Waals surface area contributed by atoms with Gasteiger partial charge in [-0.1, -0.05) is 19.9 Å². The Bertz CT molecular complexity index is 517. The fourth-order valence-corrected chi connectivity index (χ4v) is 1.90. The minimum Gasteiger partial charge on any atom is -0.465 e. The second-order valence-electron chi connectivity index (χ2n) is 5.51. The van der Waals surface area contributed by atoms with Crippen molar-refractivity contribution in [3.63, 3.8) is 0 Å². The number of cyclic esters (lactones) is 1.